The van der Waals surface area contributed by atoms with Gasteiger partial charge in [0.25, 0.3) is 15.2 Å². The molecule has 0 radical (unpaired) electrons. The summed E-state index contributed by atoms with van der Waals surface area (Å²) in [5.41, 5.74) is 0. The van der Waals surface area contributed by atoms with Crippen LogP contribution in [0.5, 0.6) is 0 Å². The number of unbranched alkanes of at least 4 members (excludes halogenated alkanes) is 1. The van der Waals surface area contributed by atoms with Crippen LogP contribution in [0, 0.1) is 0 Å². The standard InChI is InChI=1S/C6H11.C5H5.C4H10.Al.H/c1-2-4-6-5-3-1;1-2-4-5-3-1;1-3-4-2;;/h1H,2-6H2;1-3H,4H2;3-4H2,1-2H3;;. The van der Waals surface area contributed by atoms with E-state index in [9.17, 15) is 0 Å². The van der Waals surface area contributed by atoms with Gasteiger partial charge in [0.2, 0.25) is 0 Å². The van der Waals surface area contributed by atoms with Crippen molar-refractivity contribution in [1.29, 1.82) is 0 Å². The Balaban J connectivity index is 0.000000280. The highest BCUT2D eigenvalue weighted by molar-refractivity contribution is 6.47. The summed E-state index contributed by atoms with van der Waals surface area (Å²) in [6.45, 7) is 4.36. The second-order valence-corrected chi connectivity index (χ2v) is 7.64. The maximum Gasteiger partial charge on any atom is 0.279 e. The van der Waals surface area contributed by atoms with E-state index in [0.717, 1.165) is 4.78 Å². The third-order valence-corrected chi connectivity index (χ3v) is 6.07. The van der Waals surface area contributed by atoms with E-state index in [2.05, 4.69) is 32.1 Å². The molecule has 2 rings (SSSR count). The summed E-state index contributed by atoms with van der Waals surface area (Å²) in [4.78, 5) is 0. The molecule has 0 unspecified atom stereocenters. The molecule has 1 heteroatoms. The van der Waals surface area contributed by atoms with Crippen LogP contribution < -0.4 is 0 Å². The summed E-state index contributed by atoms with van der Waals surface area (Å²) in [5.74, 6) is 0. The molecule has 1 fully saturated rings. The lowest BCUT2D eigenvalue weighted by molar-refractivity contribution is 0.501. The zero-order chi connectivity index (χ0) is 11.6. The predicted molar refractivity (Wildman–Crippen MR) is 76.4 cm³/mol. The predicted octanol–water partition coefficient (Wildman–Crippen LogP) is 4.83. The van der Waals surface area contributed by atoms with Gasteiger partial charge in [-0.1, -0.05) is 81.8 Å². The van der Waals surface area contributed by atoms with Crippen LogP contribution in [0.1, 0.15) is 65.2 Å². The molecule has 0 atom stereocenters. The summed E-state index contributed by atoms with van der Waals surface area (Å²) in [5, 5.41) is 0. The first-order chi connectivity index (χ1) is 7.86. The van der Waals surface area contributed by atoms with Crippen molar-refractivity contribution in [3.8, 4) is 0 Å². The molecule has 0 nitrogen and oxygen atoms in total. The fraction of sp³-hybridized carbons (Fsp3) is 0.733. The largest absolute Gasteiger partial charge is 0.279 e. The fourth-order valence-electron chi connectivity index (χ4n) is 2.41. The van der Waals surface area contributed by atoms with E-state index in [-0.39, 0.29) is 15.2 Å². The Bertz CT molecular complexity index is 220. The monoisotopic (exact) mass is 234 g/mol. The van der Waals surface area contributed by atoms with Crippen molar-refractivity contribution < 1.29 is 0 Å². The van der Waals surface area contributed by atoms with Crippen LogP contribution in [0.3, 0.4) is 0 Å². The van der Waals surface area contributed by atoms with E-state index in [0.29, 0.717) is 0 Å². The zero-order valence-corrected chi connectivity index (χ0v) is 12.6. The molecule has 0 aliphatic heterocycles. The Morgan fingerprint density at radius 2 is 1.81 bits per heavy atom. The molecule has 0 heterocycles. The fourth-order valence-corrected chi connectivity index (χ4v) is 4.74. The summed E-state index contributed by atoms with van der Waals surface area (Å²) >= 11 is 0.141. The van der Waals surface area contributed by atoms with Crippen LogP contribution >= 0.6 is 0 Å². The normalized spacial score (nSPS) is 20.0. The topological polar surface area (TPSA) is 0 Å². The van der Waals surface area contributed by atoms with E-state index in [1.54, 1.807) is 12.8 Å². The molecule has 0 aromatic heterocycles. The highest BCUT2D eigenvalue weighted by atomic mass is 27.1. The van der Waals surface area contributed by atoms with Crippen molar-refractivity contribution in [2.75, 3.05) is 0 Å². The molecule has 90 valence electrons. The lowest BCUT2D eigenvalue weighted by Crippen LogP contribution is -2.09. The highest BCUT2D eigenvalue weighted by Crippen LogP contribution is 2.30. The molecule has 0 bridgehead atoms. The zero-order valence-electron chi connectivity index (χ0n) is 11.2. The van der Waals surface area contributed by atoms with Gasteiger partial charge in [0.1, 0.15) is 0 Å². The van der Waals surface area contributed by atoms with Gasteiger partial charge >= 0.3 is 0 Å². The smallest absolute Gasteiger partial charge is 0.132 e. The average Bonchev–Trinajstić information content (AvgIpc) is 2.84. The van der Waals surface area contributed by atoms with Crippen LogP contribution in [0.4, 0.5) is 0 Å². The minimum atomic E-state index is 0.141. The van der Waals surface area contributed by atoms with Gasteiger partial charge < -0.3 is 0 Å². The van der Waals surface area contributed by atoms with Gasteiger partial charge in [0, 0.05) is 0 Å². The molecule has 0 saturated heterocycles. The van der Waals surface area contributed by atoms with E-state index in [4.69, 9.17) is 0 Å². The maximum atomic E-state index is 2.38. The van der Waals surface area contributed by atoms with Gasteiger partial charge in [0.05, 0.1) is 0 Å². The van der Waals surface area contributed by atoms with Gasteiger partial charge in [0.15, 0.2) is 0 Å². The van der Waals surface area contributed by atoms with Crippen LogP contribution in [-0.4, -0.2) is 15.2 Å². The molecule has 2 aliphatic carbocycles. The molecule has 0 aromatic carbocycles. The van der Waals surface area contributed by atoms with Crippen molar-refractivity contribution in [3.05, 3.63) is 22.7 Å². The quantitative estimate of drug-likeness (QED) is 0.614. The van der Waals surface area contributed by atoms with Gasteiger partial charge in [-0.25, -0.2) is 0 Å². The Morgan fingerprint density at radius 3 is 2.31 bits per heavy atom. The molecule has 2 aliphatic rings. The SMILES string of the molecule is C1=CC[C]([AlH][CH]2CCCCC2)=C1.CCCC. The van der Waals surface area contributed by atoms with E-state index in [1.807, 2.05) is 4.44 Å². The van der Waals surface area contributed by atoms with Gasteiger partial charge in [-0.15, -0.1) is 4.44 Å². The van der Waals surface area contributed by atoms with E-state index in [1.165, 1.54) is 38.5 Å². The summed E-state index contributed by atoms with van der Waals surface area (Å²) < 4.78 is 2.96. The molecule has 16 heavy (non-hydrogen) atoms. The molecular formula is C15H27Al. The molecule has 0 aromatic rings. The lowest BCUT2D eigenvalue weighted by Gasteiger charge is -2.20. The average molecular weight is 234 g/mol. The first kappa shape index (κ1) is 14.1. The highest BCUT2D eigenvalue weighted by Gasteiger charge is 2.17. The number of allylic oxidation sites excluding steroid dienone is 4. The molecule has 0 N–H and O–H groups in total. The van der Waals surface area contributed by atoms with Crippen LogP contribution in [-0.2, 0) is 0 Å². The van der Waals surface area contributed by atoms with Crippen molar-refractivity contribution in [1.82, 2.24) is 0 Å². The van der Waals surface area contributed by atoms with Crippen molar-refractivity contribution in [2.45, 2.75) is 70.0 Å². The maximum absolute atomic E-state index is 2.38. The minimum Gasteiger partial charge on any atom is -0.132 e. The van der Waals surface area contributed by atoms with Gasteiger partial charge in [-0.2, -0.15) is 0 Å². The van der Waals surface area contributed by atoms with Crippen molar-refractivity contribution >= 4 is 15.2 Å². The van der Waals surface area contributed by atoms with Crippen molar-refractivity contribution in [3.63, 3.8) is 0 Å². The van der Waals surface area contributed by atoms with E-state index < -0.39 is 0 Å². The first-order valence-electron chi connectivity index (χ1n) is 7.21. The molecule has 1 saturated carbocycles. The van der Waals surface area contributed by atoms with Crippen LogP contribution in [0.15, 0.2) is 22.7 Å². The Labute approximate surface area is 108 Å². The summed E-state index contributed by atoms with van der Waals surface area (Å²) in [6.07, 6.45) is 18.5. The van der Waals surface area contributed by atoms with E-state index >= 15 is 0 Å². The molecule has 0 amide bonds. The Hall–Kier alpha value is 0.0125. The summed E-state index contributed by atoms with van der Waals surface area (Å²) in [7, 11) is 0. The molecule has 0 spiro atoms. The van der Waals surface area contributed by atoms with Crippen LogP contribution in [0.25, 0.3) is 0 Å². The van der Waals surface area contributed by atoms with Gasteiger partial charge in [-0.05, 0) is 6.42 Å². The third-order valence-electron chi connectivity index (χ3n) is 3.62. The second-order valence-electron chi connectivity index (χ2n) is 5.17. The Kier molecular flexibility index (Phi) is 7.99. The van der Waals surface area contributed by atoms with Crippen molar-refractivity contribution in [2.24, 2.45) is 0 Å². The van der Waals surface area contributed by atoms with Crippen LogP contribution in [0.2, 0.25) is 4.78 Å². The number of rotatable bonds is 3. The lowest BCUT2D eigenvalue weighted by atomic mass is 10.0. The minimum absolute atomic E-state index is 0.141. The Morgan fingerprint density at radius 1 is 1.12 bits per heavy atom. The first-order valence-corrected chi connectivity index (χ1v) is 8.73. The number of hydrogen-bond donors (Lipinski definition) is 0. The number of hydrogen-bond acceptors (Lipinski definition) is 0. The van der Waals surface area contributed by atoms with Gasteiger partial charge in [-0.3, -0.25) is 0 Å². The third kappa shape index (κ3) is 5.92. The second kappa shape index (κ2) is 9.09. The molecular weight excluding hydrogens is 207 g/mol. The summed E-state index contributed by atoms with van der Waals surface area (Å²) in [6, 6.07) is 0.